The number of rotatable bonds is 3. The molecule has 0 spiro atoms. The number of aryl methyl sites for hydroxylation is 2. The van der Waals surface area contributed by atoms with Crippen LogP contribution in [0.1, 0.15) is 43.1 Å². The third-order valence-electron chi connectivity index (χ3n) is 5.93. The maximum absolute atomic E-state index is 12.7. The first kappa shape index (κ1) is 17.5. The van der Waals surface area contributed by atoms with E-state index in [1.54, 1.807) is 0 Å². The minimum absolute atomic E-state index is 0.0463. The molecule has 3 aliphatic rings. The van der Waals surface area contributed by atoms with Gasteiger partial charge in [0.2, 0.25) is 5.91 Å². The molecule has 0 N–H and O–H groups in total. The lowest BCUT2D eigenvalue weighted by molar-refractivity contribution is -0.148. The molecule has 26 heavy (non-hydrogen) atoms. The smallest absolute Gasteiger partial charge is 0.251 e. The molecular weight excluding hydrogens is 332 g/mol. The molecule has 1 aromatic heterocycles. The largest absolute Gasteiger partial charge is 0.368 e. The van der Waals surface area contributed by atoms with Crippen LogP contribution in [0.3, 0.4) is 0 Å². The summed E-state index contributed by atoms with van der Waals surface area (Å²) >= 11 is 0. The summed E-state index contributed by atoms with van der Waals surface area (Å²) in [6, 6.07) is 2.37. The quantitative estimate of drug-likeness (QED) is 0.815. The zero-order valence-corrected chi connectivity index (χ0v) is 15.7. The number of amides is 2. The lowest BCUT2D eigenvalue weighted by Gasteiger charge is -2.43. The summed E-state index contributed by atoms with van der Waals surface area (Å²) in [5, 5.41) is 4.53. The van der Waals surface area contributed by atoms with E-state index in [1.807, 2.05) is 21.4 Å². The zero-order valence-electron chi connectivity index (χ0n) is 15.7. The van der Waals surface area contributed by atoms with Gasteiger partial charge in [-0.3, -0.25) is 14.3 Å². The fraction of sp³-hybridized carbons (Fsp3) is 0.737. The van der Waals surface area contributed by atoms with Crippen molar-refractivity contribution in [2.45, 2.75) is 51.7 Å². The van der Waals surface area contributed by atoms with Gasteiger partial charge in [-0.1, -0.05) is 0 Å². The van der Waals surface area contributed by atoms with E-state index in [4.69, 9.17) is 4.74 Å². The number of carbonyl (C=O) groups excluding carboxylic acids is 2. The third kappa shape index (κ3) is 3.24. The Morgan fingerprint density at radius 3 is 2.38 bits per heavy atom. The van der Waals surface area contributed by atoms with Gasteiger partial charge in [0.25, 0.3) is 5.91 Å². The van der Waals surface area contributed by atoms with E-state index in [0.29, 0.717) is 25.7 Å². The van der Waals surface area contributed by atoms with E-state index in [2.05, 4.69) is 18.1 Å². The second-order valence-corrected chi connectivity index (χ2v) is 7.87. The molecule has 0 aliphatic carbocycles. The molecule has 7 nitrogen and oxygen atoms in total. The Morgan fingerprint density at radius 1 is 1.08 bits per heavy atom. The van der Waals surface area contributed by atoms with Gasteiger partial charge in [-0.25, -0.2) is 0 Å². The molecule has 4 heterocycles. The lowest BCUT2D eigenvalue weighted by Crippen LogP contribution is -2.54. The number of piperidine rings is 1. The predicted octanol–water partition coefficient (Wildman–Crippen LogP) is 1.30. The number of aromatic nitrogens is 2. The van der Waals surface area contributed by atoms with E-state index >= 15 is 0 Å². The molecule has 142 valence electrons. The molecule has 7 heteroatoms. The Hall–Kier alpha value is -1.89. The summed E-state index contributed by atoms with van der Waals surface area (Å²) < 4.78 is 7.54. The summed E-state index contributed by atoms with van der Waals surface area (Å²) in [6.45, 7) is 7.58. The number of hydrogen-bond donors (Lipinski definition) is 0. The Labute approximate surface area is 154 Å². The molecule has 4 rings (SSSR count). The van der Waals surface area contributed by atoms with E-state index in [9.17, 15) is 9.59 Å². The van der Waals surface area contributed by atoms with Gasteiger partial charge < -0.3 is 14.5 Å². The van der Waals surface area contributed by atoms with Crippen LogP contribution in [-0.4, -0.2) is 70.3 Å². The van der Waals surface area contributed by atoms with Crippen LogP contribution in [-0.2, 0) is 14.3 Å². The molecule has 0 aromatic carbocycles. The van der Waals surface area contributed by atoms with Crippen molar-refractivity contribution in [2.24, 2.45) is 5.92 Å². The van der Waals surface area contributed by atoms with Crippen molar-refractivity contribution in [3.63, 3.8) is 0 Å². The van der Waals surface area contributed by atoms with Crippen molar-refractivity contribution < 1.29 is 14.3 Å². The second-order valence-electron chi connectivity index (χ2n) is 7.87. The first-order valence-electron chi connectivity index (χ1n) is 9.75. The summed E-state index contributed by atoms with van der Waals surface area (Å²) in [4.78, 5) is 29.0. The fourth-order valence-corrected chi connectivity index (χ4v) is 4.39. The number of ether oxygens (including phenoxy) is 1. The van der Waals surface area contributed by atoms with Crippen molar-refractivity contribution in [1.82, 2.24) is 19.6 Å². The second kappa shape index (κ2) is 7.02. The van der Waals surface area contributed by atoms with Gasteiger partial charge in [0.1, 0.15) is 6.10 Å². The fourth-order valence-electron chi connectivity index (χ4n) is 4.39. The van der Waals surface area contributed by atoms with Crippen LogP contribution in [0, 0.1) is 19.8 Å². The van der Waals surface area contributed by atoms with Crippen molar-refractivity contribution in [3.05, 3.63) is 17.5 Å². The van der Waals surface area contributed by atoms with E-state index in [0.717, 1.165) is 50.2 Å². The van der Waals surface area contributed by atoms with Crippen LogP contribution in [0.4, 0.5) is 0 Å². The Morgan fingerprint density at radius 2 is 1.81 bits per heavy atom. The predicted molar refractivity (Wildman–Crippen MR) is 95.6 cm³/mol. The van der Waals surface area contributed by atoms with Gasteiger partial charge in [0, 0.05) is 44.4 Å². The van der Waals surface area contributed by atoms with Crippen molar-refractivity contribution in [1.29, 1.82) is 0 Å². The van der Waals surface area contributed by atoms with E-state index in [1.165, 1.54) is 0 Å². The van der Waals surface area contributed by atoms with Gasteiger partial charge in [0.05, 0.1) is 11.7 Å². The lowest BCUT2D eigenvalue weighted by atomic mass is 9.93. The highest BCUT2D eigenvalue weighted by Crippen LogP contribution is 2.28. The normalized spacial score (nSPS) is 24.8. The minimum atomic E-state index is -0.251. The molecule has 3 aliphatic heterocycles. The molecule has 0 saturated carbocycles. The molecule has 2 amide bonds. The maximum Gasteiger partial charge on any atom is 0.251 e. The van der Waals surface area contributed by atoms with Crippen molar-refractivity contribution >= 4 is 11.8 Å². The van der Waals surface area contributed by atoms with Gasteiger partial charge in [-0.2, -0.15) is 5.10 Å². The maximum atomic E-state index is 12.7. The Balaban J connectivity index is 1.25. The van der Waals surface area contributed by atoms with E-state index in [-0.39, 0.29) is 23.8 Å². The average Bonchev–Trinajstić information content (AvgIpc) is 3.23. The average molecular weight is 360 g/mol. The highest BCUT2D eigenvalue weighted by atomic mass is 16.5. The van der Waals surface area contributed by atoms with Crippen LogP contribution in [0.25, 0.3) is 0 Å². The van der Waals surface area contributed by atoms with Gasteiger partial charge in [-0.05, 0) is 45.6 Å². The summed E-state index contributed by atoms with van der Waals surface area (Å²) in [7, 11) is 0. The monoisotopic (exact) mass is 360 g/mol. The standard InChI is InChI=1S/C19H28N4O3/c1-13-10-14(2)23(20-13)16-11-22(12-16)18(24)15-5-7-21(8-6-15)19(25)17-4-3-9-26-17/h10,15-17H,3-9,11-12H2,1-2H3. The van der Waals surface area contributed by atoms with Crippen LogP contribution in [0.15, 0.2) is 6.07 Å². The highest BCUT2D eigenvalue weighted by molar-refractivity contribution is 5.82. The topological polar surface area (TPSA) is 67.7 Å². The summed E-state index contributed by atoms with van der Waals surface area (Å²) in [5.41, 5.74) is 2.18. The minimum Gasteiger partial charge on any atom is -0.368 e. The number of hydrogen-bond acceptors (Lipinski definition) is 4. The molecular formula is C19H28N4O3. The van der Waals surface area contributed by atoms with Crippen LogP contribution in [0.2, 0.25) is 0 Å². The van der Waals surface area contributed by atoms with Crippen molar-refractivity contribution in [2.75, 3.05) is 32.8 Å². The Kier molecular flexibility index (Phi) is 4.73. The van der Waals surface area contributed by atoms with E-state index < -0.39 is 0 Å². The molecule has 1 aromatic rings. The van der Waals surface area contributed by atoms with Gasteiger partial charge >= 0.3 is 0 Å². The first-order chi connectivity index (χ1) is 12.5. The van der Waals surface area contributed by atoms with Crippen LogP contribution < -0.4 is 0 Å². The van der Waals surface area contributed by atoms with Crippen LogP contribution in [0.5, 0.6) is 0 Å². The summed E-state index contributed by atoms with van der Waals surface area (Å²) in [5.74, 6) is 0.402. The van der Waals surface area contributed by atoms with Gasteiger partial charge in [0.15, 0.2) is 0 Å². The number of likely N-dealkylation sites (tertiary alicyclic amines) is 2. The molecule has 3 fully saturated rings. The molecule has 0 radical (unpaired) electrons. The molecule has 3 saturated heterocycles. The van der Waals surface area contributed by atoms with Gasteiger partial charge in [-0.15, -0.1) is 0 Å². The molecule has 1 atom stereocenters. The third-order valence-corrected chi connectivity index (χ3v) is 5.93. The summed E-state index contributed by atoms with van der Waals surface area (Å²) in [6.07, 6.45) is 3.08. The Bertz CT molecular complexity index is 681. The molecule has 1 unspecified atom stereocenters. The SMILES string of the molecule is Cc1cc(C)n(C2CN(C(=O)C3CCN(C(=O)C4CCCO4)CC3)C2)n1. The first-order valence-corrected chi connectivity index (χ1v) is 9.75. The number of nitrogens with zero attached hydrogens (tertiary/aromatic N) is 4. The van der Waals surface area contributed by atoms with Crippen LogP contribution >= 0.6 is 0 Å². The number of carbonyl (C=O) groups is 2. The van der Waals surface area contributed by atoms with Crippen molar-refractivity contribution in [3.8, 4) is 0 Å². The highest BCUT2D eigenvalue weighted by Gasteiger charge is 2.38. The zero-order chi connectivity index (χ0) is 18.3. The molecule has 0 bridgehead atoms.